The summed E-state index contributed by atoms with van der Waals surface area (Å²) in [6.07, 6.45) is -2.72. The van der Waals surface area contributed by atoms with Crippen molar-refractivity contribution in [3.05, 3.63) is 47.2 Å². The molecule has 1 aromatic carbocycles. The van der Waals surface area contributed by atoms with Crippen molar-refractivity contribution in [1.82, 2.24) is 14.9 Å². The molecular formula is C24H26F3N5O4. The van der Waals surface area contributed by atoms with Crippen LogP contribution in [0.4, 0.5) is 19.0 Å². The van der Waals surface area contributed by atoms with Crippen LogP contribution in [-0.4, -0.2) is 74.0 Å². The molecule has 9 nitrogen and oxygen atoms in total. The molecule has 3 aliphatic rings. The van der Waals surface area contributed by atoms with Crippen LogP contribution in [0, 0.1) is 5.82 Å². The molecule has 0 radical (unpaired) electrons. The summed E-state index contributed by atoms with van der Waals surface area (Å²) in [5.74, 6) is -1.04. The van der Waals surface area contributed by atoms with Crippen LogP contribution < -0.4 is 10.1 Å². The van der Waals surface area contributed by atoms with Crippen molar-refractivity contribution in [2.24, 2.45) is 4.99 Å². The number of aliphatic imine (C=N–C) groups is 1. The number of anilines is 1. The minimum absolute atomic E-state index is 0.0329. The van der Waals surface area contributed by atoms with Crippen molar-refractivity contribution in [3.8, 4) is 5.75 Å². The Morgan fingerprint density at radius 3 is 2.78 bits per heavy atom. The number of carbonyl (C=O) groups excluding carboxylic acids is 1. The number of carbonyl (C=O) groups is 1. The predicted molar refractivity (Wildman–Crippen MR) is 122 cm³/mol. The van der Waals surface area contributed by atoms with Crippen molar-refractivity contribution in [1.29, 1.82) is 0 Å². The number of aliphatic hydroxyl groups excluding tert-OH is 2. The summed E-state index contributed by atoms with van der Waals surface area (Å²) >= 11 is 0. The second-order valence-corrected chi connectivity index (χ2v) is 9.28. The number of aliphatic hydroxyl groups is 2. The Labute approximate surface area is 205 Å². The molecule has 5 rings (SSSR count). The fourth-order valence-corrected chi connectivity index (χ4v) is 5.09. The van der Waals surface area contributed by atoms with Crippen LogP contribution in [0.3, 0.4) is 0 Å². The van der Waals surface area contributed by atoms with Gasteiger partial charge in [-0.25, -0.2) is 23.1 Å². The first-order valence-electron chi connectivity index (χ1n) is 11.8. The summed E-state index contributed by atoms with van der Waals surface area (Å²) in [5.41, 5.74) is 1.16. The fourth-order valence-electron chi connectivity index (χ4n) is 5.09. The van der Waals surface area contributed by atoms with Gasteiger partial charge < -0.3 is 25.2 Å². The highest BCUT2D eigenvalue weighted by molar-refractivity contribution is 6.47. The maximum Gasteiger partial charge on any atom is 0.273 e. The molecule has 3 N–H and O–H groups in total. The van der Waals surface area contributed by atoms with E-state index in [0.717, 1.165) is 13.0 Å². The van der Waals surface area contributed by atoms with E-state index in [9.17, 15) is 28.2 Å². The normalized spacial score (nSPS) is 28.1. The number of ether oxygens (including phenoxy) is 1. The van der Waals surface area contributed by atoms with E-state index in [1.165, 1.54) is 23.4 Å². The highest BCUT2D eigenvalue weighted by Crippen LogP contribution is 2.37. The first kappa shape index (κ1) is 24.4. The summed E-state index contributed by atoms with van der Waals surface area (Å²) < 4.78 is 47.2. The first-order valence-corrected chi connectivity index (χ1v) is 11.8. The van der Waals surface area contributed by atoms with Gasteiger partial charge in [-0.3, -0.25) is 9.79 Å². The van der Waals surface area contributed by atoms with Crippen molar-refractivity contribution < 1.29 is 32.9 Å². The first-order chi connectivity index (χ1) is 17.2. The Kier molecular flexibility index (Phi) is 6.56. The second-order valence-electron chi connectivity index (χ2n) is 9.28. The standard InChI is InChI=1S/C24H26F3N5O4/c1-11(25)36-15-5-12(4-13(26)6-15)18-7-14(27)9-32(18)24(35)21-20-17(8-28-21)29-10-30-23(20)31-16-2-3-19(33)22(16)34/h4-6,10-11,14,16,18-19,22,33-34H,2-3,7-9H2,1H3,(H,29,30,31)/t11?,14-,16+,18+,19+,22-/m0/s1. The largest absolute Gasteiger partial charge is 0.461 e. The predicted octanol–water partition coefficient (Wildman–Crippen LogP) is 2.22. The van der Waals surface area contributed by atoms with Gasteiger partial charge in [-0.05, 0) is 30.5 Å². The van der Waals surface area contributed by atoms with Crippen LogP contribution in [0.1, 0.15) is 49.0 Å². The molecule has 0 spiro atoms. The van der Waals surface area contributed by atoms with Crippen molar-refractivity contribution in [3.63, 3.8) is 0 Å². The zero-order chi connectivity index (χ0) is 25.6. The number of nitrogens with zero attached hydrogens (tertiary/aromatic N) is 4. The van der Waals surface area contributed by atoms with E-state index in [1.807, 2.05) is 0 Å². The summed E-state index contributed by atoms with van der Waals surface area (Å²) in [5, 5.41) is 23.2. The number of nitrogens with one attached hydrogen (secondary N) is 1. The Bertz CT molecular complexity index is 1200. The maximum atomic E-state index is 14.6. The second kappa shape index (κ2) is 9.66. The summed E-state index contributed by atoms with van der Waals surface area (Å²) in [7, 11) is 0. The molecule has 6 atom stereocenters. The monoisotopic (exact) mass is 505 g/mol. The zero-order valence-electron chi connectivity index (χ0n) is 19.4. The number of fused-ring (bicyclic) bond motifs is 1. The number of amides is 1. The van der Waals surface area contributed by atoms with E-state index >= 15 is 0 Å². The molecule has 192 valence electrons. The molecule has 0 bridgehead atoms. The molecule has 1 aromatic heterocycles. The van der Waals surface area contributed by atoms with Gasteiger partial charge in [-0.1, -0.05) is 0 Å². The van der Waals surface area contributed by atoms with Gasteiger partial charge in [0.1, 0.15) is 35.6 Å². The molecule has 3 heterocycles. The average Bonchev–Trinajstić information content (AvgIpc) is 3.51. The maximum absolute atomic E-state index is 14.6. The van der Waals surface area contributed by atoms with Gasteiger partial charge in [0.05, 0.1) is 48.6 Å². The number of benzene rings is 1. The molecule has 2 aliphatic heterocycles. The molecular weight excluding hydrogens is 479 g/mol. The van der Waals surface area contributed by atoms with E-state index in [2.05, 4.69) is 20.3 Å². The Balaban J connectivity index is 1.43. The third-order valence-electron chi connectivity index (χ3n) is 6.74. The lowest BCUT2D eigenvalue weighted by atomic mass is 10.0. The van der Waals surface area contributed by atoms with Gasteiger partial charge in [-0.15, -0.1) is 0 Å². The molecule has 2 aromatic rings. The summed E-state index contributed by atoms with van der Waals surface area (Å²) in [6.45, 7) is 1.05. The van der Waals surface area contributed by atoms with Crippen LogP contribution in [0.2, 0.25) is 0 Å². The summed E-state index contributed by atoms with van der Waals surface area (Å²) in [4.78, 5) is 27.7. The molecule has 1 saturated carbocycles. The van der Waals surface area contributed by atoms with E-state index in [4.69, 9.17) is 4.74 Å². The summed E-state index contributed by atoms with van der Waals surface area (Å²) in [6, 6.07) is 2.30. The number of halogens is 3. The van der Waals surface area contributed by atoms with Crippen LogP contribution in [0.15, 0.2) is 29.5 Å². The fraction of sp³-hybridized carbons (Fsp3) is 0.500. The quantitative estimate of drug-likeness (QED) is 0.551. The van der Waals surface area contributed by atoms with Gasteiger partial charge in [0.25, 0.3) is 5.91 Å². The van der Waals surface area contributed by atoms with Crippen LogP contribution in [-0.2, 0) is 11.3 Å². The lowest BCUT2D eigenvalue weighted by molar-refractivity contribution is -0.125. The topological polar surface area (TPSA) is 120 Å². The SMILES string of the molecule is CC(F)Oc1cc(F)cc([C@H]2C[C@H](F)CN2C(=O)C2=NCc3ncnc(N[C@@H]4CC[C@@H](O)[C@H]4O)c32)c1. The number of aromatic nitrogens is 2. The molecule has 1 aliphatic carbocycles. The van der Waals surface area contributed by atoms with Crippen molar-refractivity contribution in [2.75, 3.05) is 11.9 Å². The Hall–Kier alpha value is -3.25. The van der Waals surface area contributed by atoms with Gasteiger partial charge in [0.15, 0.2) is 0 Å². The Morgan fingerprint density at radius 1 is 1.25 bits per heavy atom. The average molecular weight is 505 g/mol. The number of likely N-dealkylation sites (tertiary alicyclic amines) is 1. The van der Waals surface area contributed by atoms with E-state index in [0.29, 0.717) is 24.1 Å². The molecule has 1 unspecified atom stereocenters. The van der Waals surface area contributed by atoms with Gasteiger partial charge >= 0.3 is 0 Å². The molecule has 1 saturated heterocycles. The Morgan fingerprint density at radius 2 is 2.06 bits per heavy atom. The zero-order valence-corrected chi connectivity index (χ0v) is 19.4. The third-order valence-corrected chi connectivity index (χ3v) is 6.74. The van der Waals surface area contributed by atoms with E-state index in [-0.39, 0.29) is 42.4 Å². The van der Waals surface area contributed by atoms with Crippen LogP contribution >= 0.6 is 0 Å². The van der Waals surface area contributed by atoms with E-state index in [1.54, 1.807) is 0 Å². The number of hydrogen-bond donors (Lipinski definition) is 3. The third kappa shape index (κ3) is 4.62. The lowest BCUT2D eigenvalue weighted by Gasteiger charge is -2.26. The number of hydrogen-bond acceptors (Lipinski definition) is 8. The number of alkyl halides is 2. The van der Waals surface area contributed by atoms with Crippen LogP contribution in [0.5, 0.6) is 5.75 Å². The van der Waals surface area contributed by atoms with Gasteiger partial charge in [0, 0.05) is 19.4 Å². The van der Waals surface area contributed by atoms with E-state index < -0.39 is 48.5 Å². The highest BCUT2D eigenvalue weighted by Gasteiger charge is 2.41. The lowest BCUT2D eigenvalue weighted by Crippen LogP contribution is -2.38. The van der Waals surface area contributed by atoms with Gasteiger partial charge in [0.2, 0.25) is 6.36 Å². The van der Waals surface area contributed by atoms with Gasteiger partial charge in [-0.2, -0.15) is 0 Å². The smallest absolute Gasteiger partial charge is 0.273 e. The highest BCUT2D eigenvalue weighted by atomic mass is 19.1. The molecule has 1 amide bonds. The molecule has 2 fully saturated rings. The van der Waals surface area contributed by atoms with Crippen LogP contribution in [0.25, 0.3) is 0 Å². The minimum atomic E-state index is -1.68. The number of rotatable bonds is 6. The molecule has 36 heavy (non-hydrogen) atoms. The van der Waals surface area contributed by atoms with Crippen molar-refractivity contribution >= 4 is 17.4 Å². The molecule has 12 heteroatoms. The minimum Gasteiger partial charge on any atom is -0.461 e. The van der Waals surface area contributed by atoms with Crippen molar-refractivity contribution in [2.45, 2.75) is 69.6 Å².